The zero-order valence-corrected chi connectivity index (χ0v) is 28.5. The number of aryl methyl sites for hydroxylation is 2. The highest BCUT2D eigenvalue weighted by atomic mass is 35.5. The second kappa shape index (κ2) is 14.3. The Morgan fingerprint density at radius 2 is 1.70 bits per heavy atom. The molecule has 6 rings (SSSR count). The number of hydrogen-bond acceptors (Lipinski definition) is 8. The molecule has 1 saturated carbocycles. The Morgan fingerprint density at radius 3 is 2.39 bits per heavy atom. The summed E-state index contributed by atoms with van der Waals surface area (Å²) in [5, 5.41) is 3.77. The van der Waals surface area contributed by atoms with Gasteiger partial charge in [-0.3, -0.25) is 4.79 Å². The van der Waals surface area contributed by atoms with Gasteiger partial charge in [-0.15, -0.1) is 12.4 Å². The number of benzene rings is 2. The molecule has 1 aliphatic carbocycles. The van der Waals surface area contributed by atoms with Gasteiger partial charge in [0.25, 0.3) is 15.9 Å². The number of aromatic nitrogens is 2. The van der Waals surface area contributed by atoms with E-state index >= 15 is 0 Å². The van der Waals surface area contributed by atoms with Crippen molar-refractivity contribution in [3.8, 4) is 17.1 Å². The molecule has 12 heteroatoms. The Bertz CT molecular complexity index is 1640. The normalized spacial score (nSPS) is 23.1. The van der Waals surface area contributed by atoms with Crippen LogP contribution in [0.3, 0.4) is 0 Å². The van der Waals surface area contributed by atoms with E-state index in [1.54, 1.807) is 18.2 Å². The molecular weight excluding hydrogens is 626 g/mol. The van der Waals surface area contributed by atoms with E-state index in [9.17, 15) is 13.2 Å². The number of anilines is 1. The first-order chi connectivity index (χ1) is 21.6. The van der Waals surface area contributed by atoms with E-state index in [1.165, 1.54) is 12.1 Å². The SMILES string of the molecule is Cc1cccc(C)c1-c1cc2nc(n1)NS(=O)(=O)c1cccc(c1)C(=O)N(C1CC(NC3CCOCC3)C1)[C@H](CC(C)C)CO2.Cl. The molecule has 0 radical (unpaired) electrons. The van der Waals surface area contributed by atoms with Gasteiger partial charge in [0.15, 0.2) is 0 Å². The molecule has 0 unspecified atom stereocenters. The van der Waals surface area contributed by atoms with E-state index in [-0.39, 0.29) is 53.7 Å². The number of nitrogens with one attached hydrogen (secondary N) is 2. The van der Waals surface area contributed by atoms with Crippen molar-refractivity contribution < 1.29 is 22.7 Å². The first kappa shape index (κ1) is 34.1. The minimum absolute atomic E-state index is 0. The first-order valence-corrected chi connectivity index (χ1v) is 17.4. The summed E-state index contributed by atoms with van der Waals surface area (Å²) in [5.74, 6) is 0.268. The Kier molecular flexibility index (Phi) is 10.6. The molecule has 10 nitrogen and oxygen atoms in total. The predicted molar refractivity (Wildman–Crippen MR) is 180 cm³/mol. The van der Waals surface area contributed by atoms with Crippen molar-refractivity contribution >= 4 is 34.3 Å². The Balaban J connectivity index is 0.00000417. The molecule has 4 bridgehead atoms. The number of sulfonamides is 1. The Hall–Kier alpha value is -3.25. The van der Waals surface area contributed by atoms with E-state index in [2.05, 4.69) is 33.9 Å². The minimum atomic E-state index is -4.11. The van der Waals surface area contributed by atoms with Crippen LogP contribution in [0.25, 0.3) is 11.3 Å². The molecule has 3 heterocycles. The highest BCUT2D eigenvalue weighted by Gasteiger charge is 2.41. The lowest BCUT2D eigenvalue weighted by molar-refractivity contribution is 0.0156. The summed E-state index contributed by atoms with van der Waals surface area (Å²) in [6, 6.07) is 14.5. The first-order valence-electron chi connectivity index (χ1n) is 15.9. The van der Waals surface area contributed by atoms with Crippen LogP contribution < -0.4 is 14.8 Å². The zero-order chi connectivity index (χ0) is 31.7. The maximum atomic E-state index is 14.3. The highest BCUT2D eigenvalue weighted by Crippen LogP contribution is 2.34. The van der Waals surface area contributed by atoms with Gasteiger partial charge in [0.1, 0.15) is 6.61 Å². The molecular formula is C34H44ClN5O5S. The van der Waals surface area contributed by atoms with E-state index in [0.717, 1.165) is 62.0 Å². The van der Waals surface area contributed by atoms with Crippen LogP contribution >= 0.6 is 12.4 Å². The van der Waals surface area contributed by atoms with Crippen LogP contribution in [-0.4, -0.2) is 73.2 Å². The average molecular weight is 670 g/mol. The van der Waals surface area contributed by atoms with Crippen LogP contribution in [0.2, 0.25) is 0 Å². The van der Waals surface area contributed by atoms with Crippen molar-refractivity contribution in [1.82, 2.24) is 20.2 Å². The Labute approximate surface area is 278 Å². The largest absolute Gasteiger partial charge is 0.475 e. The number of carbonyl (C=O) groups is 1. The molecule has 248 valence electrons. The third kappa shape index (κ3) is 7.48. The third-order valence-corrected chi connectivity index (χ3v) is 10.4. The molecule has 1 saturated heterocycles. The second-order valence-electron chi connectivity index (χ2n) is 13.0. The van der Waals surface area contributed by atoms with Crippen LogP contribution in [0.15, 0.2) is 53.4 Å². The summed E-state index contributed by atoms with van der Waals surface area (Å²) in [7, 11) is -4.11. The van der Waals surface area contributed by atoms with E-state index in [1.807, 2.05) is 36.9 Å². The molecule has 2 N–H and O–H groups in total. The van der Waals surface area contributed by atoms with Crippen LogP contribution in [0.4, 0.5) is 5.95 Å². The lowest BCUT2D eigenvalue weighted by Gasteiger charge is -2.48. The smallest absolute Gasteiger partial charge is 0.264 e. The van der Waals surface area contributed by atoms with Crippen molar-refractivity contribution in [1.29, 1.82) is 0 Å². The van der Waals surface area contributed by atoms with Crippen LogP contribution in [0.1, 0.15) is 67.4 Å². The van der Waals surface area contributed by atoms with Gasteiger partial charge < -0.3 is 19.7 Å². The summed E-state index contributed by atoms with van der Waals surface area (Å²) in [6.45, 7) is 10.0. The monoisotopic (exact) mass is 669 g/mol. The standard InChI is InChI=1S/C34H43N5O5S.ClH/c1-21(2)15-28-20-44-31-19-30(32-22(3)7-5-8-23(32)4)36-34(37-31)38-45(41,42)29-10-6-9-24(16-29)33(40)39(28)27-17-26(18-27)35-25-11-13-43-14-12-25;/h5-10,16,19,21,25-28,35H,11-15,17-18,20H2,1-4H3,(H,36,37,38);1H/t26?,27?,28-;/m1./s1. The molecule has 0 spiro atoms. The number of ether oxygens (including phenoxy) is 2. The van der Waals surface area contributed by atoms with Crippen LogP contribution in [0, 0.1) is 19.8 Å². The number of halogens is 1. The number of rotatable bonds is 6. The lowest BCUT2D eigenvalue weighted by Crippen LogP contribution is -2.60. The molecule has 2 aromatic carbocycles. The van der Waals surface area contributed by atoms with Gasteiger partial charge in [-0.25, -0.2) is 18.1 Å². The van der Waals surface area contributed by atoms with Gasteiger partial charge in [0, 0.05) is 48.5 Å². The number of nitrogens with zero attached hydrogens (tertiary/aromatic N) is 3. The molecule has 3 aliphatic rings. The van der Waals surface area contributed by atoms with Gasteiger partial charge >= 0.3 is 0 Å². The maximum Gasteiger partial charge on any atom is 0.264 e. The highest BCUT2D eigenvalue weighted by molar-refractivity contribution is 7.92. The molecule has 1 atom stereocenters. The van der Waals surface area contributed by atoms with Crippen LogP contribution in [-0.2, 0) is 14.8 Å². The fourth-order valence-electron chi connectivity index (χ4n) is 6.78. The van der Waals surface area contributed by atoms with Crippen molar-refractivity contribution in [2.24, 2.45) is 5.92 Å². The van der Waals surface area contributed by atoms with Crippen LogP contribution in [0.5, 0.6) is 5.88 Å². The molecule has 2 aliphatic heterocycles. The third-order valence-electron chi connectivity index (χ3n) is 9.05. The molecule has 2 fully saturated rings. The number of carbonyl (C=O) groups excluding carboxylic acids is 1. The second-order valence-corrected chi connectivity index (χ2v) is 14.7. The summed E-state index contributed by atoms with van der Waals surface area (Å²) in [6.07, 6.45) is 4.36. The fraction of sp³-hybridized carbons (Fsp3) is 0.500. The molecule has 1 aromatic heterocycles. The predicted octanol–water partition coefficient (Wildman–Crippen LogP) is 5.53. The van der Waals surface area contributed by atoms with Crippen molar-refractivity contribution in [2.45, 2.75) is 88.9 Å². The van der Waals surface area contributed by atoms with Gasteiger partial charge in [0.2, 0.25) is 11.8 Å². The van der Waals surface area contributed by atoms with E-state index in [4.69, 9.17) is 9.47 Å². The molecule has 3 aromatic rings. The summed E-state index contributed by atoms with van der Waals surface area (Å²) in [5.41, 5.74) is 3.79. The van der Waals surface area contributed by atoms with Crippen molar-refractivity contribution in [3.63, 3.8) is 0 Å². The summed E-state index contributed by atoms with van der Waals surface area (Å²) >= 11 is 0. The number of fused-ring (bicyclic) bond motifs is 4. The zero-order valence-electron chi connectivity index (χ0n) is 26.9. The lowest BCUT2D eigenvalue weighted by atomic mass is 9.82. The van der Waals surface area contributed by atoms with Crippen molar-refractivity contribution in [2.75, 3.05) is 24.5 Å². The average Bonchev–Trinajstić information content (AvgIpc) is 2.98. The quantitative estimate of drug-likeness (QED) is 0.351. The molecule has 46 heavy (non-hydrogen) atoms. The Morgan fingerprint density at radius 1 is 1.00 bits per heavy atom. The minimum Gasteiger partial charge on any atom is -0.475 e. The summed E-state index contributed by atoms with van der Waals surface area (Å²) < 4.78 is 41.7. The summed E-state index contributed by atoms with van der Waals surface area (Å²) in [4.78, 5) is 25.4. The van der Waals surface area contributed by atoms with Gasteiger partial charge in [-0.2, -0.15) is 4.98 Å². The van der Waals surface area contributed by atoms with Crippen molar-refractivity contribution in [3.05, 3.63) is 65.2 Å². The van der Waals surface area contributed by atoms with E-state index < -0.39 is 10.0 Å². The van der Waals surface area contributed by atoms with E-state index in [0.29, 0.717) is 29.3 Å². The maximum absolute atomic E-state index is 14.3. The van der Waals surface area contributed by atoms with Gasteiger partial charge in [-0.05, 0) is 81.2 Å². The van der Waals surface area contributed by atoms with Gasteiger partial charge in [0.05, 0.1) is 16.6 Å². The fourth-order valence-corrected chi connectivity index (χ4v) is 7.77. The topological polar surface area (TPSA) is 123 Å². The molecule has 1 amide bonds. The van der Waals surface area contributed by atoms with Gasteiger partial charge in [-0.1, -0.05) is 38.1 Å². The number of hydrogen-bond donors (Lipinski definition) is 2. The number of amides is 1.